The first-order valence-electron chi connectivity index (χ1n) is 9.87. The van der Waals surface area contributed by atoms with Crippen molar-refractivity contribution in [2.75, 3.05) is 0 Å². The Morgan fingerprint density at radius 2 is 1.81 bits per heavy atom. The van der Waals surface area contributed by atoms with Gasteiger partial charge in [0.15, 0.2) is 10.8 Å². The highest BCUT2D eigenvalue weighted by Crippen LogP contribution is 2.33. The van der Waals surface area contributed by atoms with Gasteiger partial charge in [-0.1, -0.05) is 65.4 Å². The van der Waals surface area contributed by atoms with Gasteiger partial charge in [-0.15, -0.1) is 10.2 Å². The zero-order valence-electron chi connectivity index (χ0n) is 16.6. The third-order valence-electron chi connectivity index (χ3n) is 5.15. The van der Waals surface area contributed by atoms with Gasteiger partial charge in [-0.25, -0.2) is 0 Å². The predicted octanol–water partition coefficient (Wildman–Crippen LogP) is 5.63. The summed E-state index contributed by atoms with van der Waals surface area (Å²) in [7, 11) is 0. The van der Waals surface area contributed by atoms with Crippen LogP contribution < -0.4 is 4.74 Å². The molecule has 0 aliphatic carbocycles. The Labute approximate surface area is 191 Å². The Balaban J connectivity index is 1.28. The minimum atomic E-state index is 0.262. The molecule has 9 heteroatoms. The van der Waals surface area contributed by atoms with Crippen molar-refractivity contribution >= 4 is 38.7 Å². The second kappa shape index (κ2) is 7.74. The summed E-state index contributed by atoms with van der Waals surface area (Å²) in [6.07, 6.45) is 1.76. The number of aromatic nitrogens is 6. The van der Waals surface area contributed by atoms with Gasteiger partial charge >= 0.3 is 0 Å². The van der Waals surface area contributed by atoms with Crippen LogP contribution in [0.2, 0.25) is 5.02 Å². The molecular formula is C23H15ClN6OS. The first kappa shape index (κ1) is 19.0. The van der Waals surface area contributed by atoms with Crippen LogP contribution in [-0.2, 0) is 6.61 Å². The molecule has 0 spiro atoms. The summed E-state index contributed by atoms with van der Waals surface area (Å²) in [5.41, 5.74) is 2.75. The maximum Gasteiger partial charge on any atom is 0.235 e. The third-order valence-corrected chi connectivity index (χ3v) is 6.33. The standard InChI is InChI=1S/C23H15ClN6OS/c24-17-8-5-15(6-9-17)21-19(12-25-27-21)22-29-30-20(26-28-23(30)32-22)13-31-18-10-7-14-3-1-2-4-16(14)11-18/h1-12H,13H2,(H,25,27). The number of benzene rings is 3. The molecule has 0 amide bonds. The molecule has 0 bridgehead atoms. The number of rotatable bonds is 5. The number of hydrogen-bond acceptors (Lipinski definition) is 6. The van der Waals surface area contributed by atoms with Crippen molar-refractivity contribution in [3.05, 3.63) is 83.8 Å². The van der Waals surface area contributed by atoms with Crippen molar-refractivity contribution in [1.82, 2.24) is 30.0 Å². The molecule has 32 heavy (non-hydrogen) atoms. The smallest absolute Gasteiger partial charge is 0.235 e. The Bertz CT molecular complexity index is 1550. The van der Waals surface area contributed by atoms with E-state index >= 15 is 0 Å². The van der Waals surface area contributed by atoms with E-state index in [-0.39, 0.29) is 6.61 Å². The fourth-order valence-corrected chi connectivity index (χ4v) is 4.55. The average Bonchev–Trinajstić information content (AvgIpc) is 3.54. The molecule has 0 atom stereocenters. The molecule has 0 saturated carbocycles. The van der Waals surface area contributed by atoms with Crippen molar-refractivity contribution in [2.24, 2.45) is 0 Å². The third kappa shape index (κ3) is 3.39. The minimum absolute atomic E-state index is 0.262. The summed E-state index contributed by atoms with van der Waals surface area (Å²) in [5, 5.41) is 24.3. The second-order valence-electron chi connectivity index (χ2n) is 7.18. The van der Waals surface area contributed by atoms with Crippen molar-refractivity contribution in [3.63, 3.8) is 0 Å². The molecule has 6 aromatic rings. The van der Waals surface area contributed by atoms with Crippen LogP contribution in [0.15, 0.2) is 72.9 Å². The van der Waals surface area contributed by atoms with E-state index in [1.165, 1.54) is 16.7 Å². The van der Waals surface area contributed by atoms with Crippen molar-refractivity contribution in [2.45, 2.75) is 6.61 Å². The molecule has 0 aliphatic heterocycles. The highest BCUT2D eigenvalue weighted by atomic mass is 35.5. The van der Waals surface area contributed by atoms with Gasteiger partial charge in [-0.3, -0.25) is 5.10 Å². The monoisotopic (exact) mass is 458 g/mol. The van der Waals surface area contributed by atoms with Gasteiger partial charge < -0.3 is 4.74 Å². The van der Waals surface area contributed by atoms with E-state index in [9.17, 15) is 0 Å². The summed E-state index contributed by atoms with van der Waals surface area (Å²) < 4.78 is 7.70. The molecule has 156 valence electrons. The SMILES string of the molecule is Clc1ccc(-c2[nH]ncc2-c2nn3c(COc4ccc5ccccc5c4)nnc3s2)cc1. The first-order valence-corrected chi connectivity index (χ1v) is 11.1. The van der Waals surface area contributed by atoms with Crippen LogP contribution in [-0.4, -0.2) is 30.0 Å². The van der Waals surface area contributed by atoms with Crippen LogP contribution in [0.1, 0.15) is 5.82 Å². The van der Waals surface area contributed by atoms with Gasteiger partial charge in [0.1, 0.15) is 12.4 Å². The maximum absolute atomic E-state index is 6.02. The van der Waals surface area contributed by atoms with Gasteiger partial charge in [0, 0.05) is 10.6 Å². The van der Waals surface area contributed by atoms with Gasteiger partial charge in [0.05, 0.1) is 17.5 Å². The van der Waals surface area contributed by atoms with Crippen LogP contribution in [0.4, 0.5) is 0 Å². The van der Waals surface area contributed by atoms with Crippen LogP contribution in [0, 0.1) is 0 Å². The van der Waals surface area contributed by atoms with Crippen molar-refractivity contribution in [3.8, 4) is 27.6 Å². The number of nitrogens with zero attached hydrogens (tertiary/aromatic N) is 5. The molecule has 3 aromatic carbocycles. The zero-order valence-corrected chi connectivity index (χ0v) is 18.1. The van der Waals surface area contributed by atoms with Crippen molar-refractivity contribution < 1.29 is 4.74 Å². The quantitative estimate of drug-likeness (QED) is 0.362. The summed E-state index contributed by atoms with van der Waals surface area (Å²) in [5.74, 6) is 1.41. The number of hydrogen-bond donors (Lipinski definition) is 1. The molecule has 0 radical (unpaired) electrons. The summed E-state index contributed by atoms with van der Waals surface area (Å²) in [4.78, 5) is 0.695. The molecule has 0 unspecified atom stereocenters. The number of fused-ring (bicyclic) bond motifs is 2. The summed E-state index contributed by atoms with van der Waals surface area (Å²) >= 11 is 7.47. The summed E-state index contributed by atoms with van der Waals surface area (Å²) in [6, 6.07) is 21.8. The Morgan fingerprint density at radius 1 is 0.969 bits per heavy atom. The van der Waals surface area contributed by atoms with E-state index in [4.69, 9.17) is 21.4 Å². The lowest BCUT2D eigenvalue weighted by atomic mass is 10.1. The van der Waals surface area contributed by atoms with E-state index in [1.54, 1.807) is 10.7 Å². The van der Waals surface area contributed by atoms with Gasteiger partial charge in [0.2, 0.25) is 4.96 Å². The highest BCUT2D eigenvalue weighted by Gasteiger charge is 2.18. The lowest BCUT2D eigenvalue weighted by Gasteiger charge is -2.05. The van der Waals surface area contributed by atoms with Crippen LogP contribution in [0.3, 0.4) is 0 Å². The van der Waals surface area contributed by atoms with Crippen LogP contribution in [0.25, 0.3) is 37.6 Å². The predicted molar refractivity (Wildman–Crippen MR) is 125 cm³/mol. The Hall–Kier alpha value is -3.75. The molecule has 0 aliphatic rings. The lowest BCUT2D eigenvalue weighted by molar-refractivity contribution is 0.293. The molecule has 7 nitrogen and oxygen atoms in total. The largest absolute Gasteiger partial charge is 0.486 e. The Kier molecular flexibility index (Phi) is 4.59. The lowest BCUT2D eigenvalue weighted by Crippen LogP contribution is -2.02. The normalized spacial score (nSPS) is 11.4. The van der Waals surface area contributed by atoms with Gasteiger partial charge in [-0.05, 0) is 35.0 Å². The highest BCUT2D eigenvalue weighted by molar-refractivity contribution is 7.19. The number of nitrogens with one attached hydrogen (secondary N) is 1. The van der Waals surface area contributed by atoms with E-state index in [1.807, 2.05) is 54.6 Å². The maximum atomic E-state index is 6.02. The summed E-state index contributed by atoms with van der Waals surface area (Å²) in [6.45, 7) is 0.262. The molecular weight excluding hydrogens is 444 g/mol. The molecule has 3 aromatic heterocycles. The number of halogens is 1. The molecule has 6 rings (SSSR count). The number of H-pyrrole nitrogens is 1. The topological polar surface area (TPSA) is 81.0 Å². The fourth-order valence-electron chi connectivity index (χ4n) is 3.55. The Morgan fingerprint density at radius 3 is 2.69 bits per heavy atom. The van der Waals surface area contributed by atoms with Crippen molar-refractivity contribution in [1.29, 1.82) is 0 Å². The molecule has 0 saturated heterocycles. The average molecular weight is 459 g/mol. The second-order valence-corrected chi connectivity index (χ2v) is 8.57. The van der Waals surface area contributed by atoms with Crippen LogP contribution in [0.5, 0.6) is 5.75 Å². The van der Waals surface area contributed by atoms with Gasteiger partial charge in [-0.2, -0.15) is 14.7 Å². The molecule has 3 heterocycles. The van der Waals surface area contributed by atoms with E-state index in [0.29, 0.717) is 15.8 Å². The zero-order chi connectivity index (χ0) is 21.5. The minimum Gasteiger partial charge on any atom is -0.486 e. The molecule has 0 fully saturated rings. The van der Waals surface area contributed by atoms with E-state index < -0.39 is 0 Å². The van der Waals surface area contributed by atoms with Crippen LogP contribution >= 0.6 is 22.9 Å². The number of ether oxygens (including phenoxy) is 1. The van der Waals surface area contributed by atoms with E-state index in [2.05, 4.69) is 32.5 Å². The first-order chi connectivity index (χ1) is 15.7. The fraction of sp³-hybridized carbons (Fsp3) is 0.0435. The van der Waals surface area contributed by atoms with E-state index in [0.717, 1.165) is 33.0 Å². The molecule has 1 N–H and O–H groups in total. The number of aromatic amines is 1. The van der Waals surface area contributed by atoms with Gasteiger partial charge in [0.25, 0.3) is 0 Å².